The van der Waals surface area contributed by atoms with E-state index in [9.17, 15) is 4.79 Å². The van der Waals surface area contributed by atoms with E-state index >= 15 is 0 Å². The van der Waals surface area contributed by atoms with Crippen LogP contribution in [0.25, 0.3) is 0 Å². The monoisotopic (exact) mass is 265 g/mol. The van der Waals surface area contributed by atoms with Crippen LogP contribution in [-0.4, -0.2) is 30.9 Å². The number of hydrogen-bond donors (Lipinski definition) is 1. The molecule has 1 amide bonds. The van der Waals surface area contributed by atoms with E-state index in [-0.39, 0.29) is 12.0 Å². The van der Waals surface area contributed by atoms with Crippen molar-refractivity contribution in [3.63, 3.8) is 0 Å². The first-order valence-electron chi connectivity index (χ1n) is 6.41. The van der Waals surface area contributed by atoms with Gasteiger partial charge in [-0.2, -0.15) is 0 Å². The summed E-state index contributed by atoms with van der Waals surface area (Å²) in [5, 5.41) is 2.93. The van der Waals surface area contributed by atoms with Crippen molar-refractivity contribution in [2.24, 2.45) is 0 Å². The first kappa shape index (κ1) is 13.4. The van der Waals surface area contributed by atoms with Crippen molar-refractivity contribution in [2.45, 2.75) is 30.3 Å². The van der Waals surface area contributed by atoms with E-state index in [0.717, 1.165) is 25.2 Å². The molecule has 1 aliphatic rings. The molecule has 0 saturated carbocycles. The largest absolute Gasteiger partial charge is 0.376 e. The third-order valence-electron chi connectivity index (χ3n) is 2.89. The minimum absolute atomic E-state index is 0.119. The van der Waals surface area contributed by atoms with E-state index < -0.39 is 0 Å². The maximum Gasteiger partial charge on any atom is 0.220 e. The van der Waals surface area contributed by atoms with Crippen LogP contribution in [0.5, 0.6) is 0 Å². The minimum Gasteiger partial charge on any atom is -0.376 e. The molecule has 0 radical (unpaired) electrons. The highest BCUT2D eigenvalue weighted by molar-refractivity contribution is 7.99. The van der Waals surface area contributed by atoms with Crippen LogP contribution in [-0.2, 0) is 9.53 Å². The van der Waals surface area contributed by atoms with Gasteiger partial charge in [0.1, 0.15) is 0 Å². The van der Waals surface area contributed by atoms with Crippen LogP contribution in [0.15, 0.2) is 35.2 Å². The Balaban J connectivity index is 1.57. The lowest BCUT2D eigenvalue weighted by molar-refractivity contribution is -0.121. The number of rotatable bonds is 6. The first-order valence-corrected chi connectivity index (χ1v) is 7.39. The second kappa shape index (κ2) is 7.44. The topological polar surface area (TPSA) is 38.3 Å². The lowest BCUT2D eigenvalue weighted by Gasteiger charge is -2.10. The maximum atomic E-state index is 11.6. The molecule has 0 aromatic heterocycles. The first-order chi connectivity index (χ1) is 8.84. The molecule has 4 heteroatoms. The molecule has 0 unspecified atom stereocenters. The van der Waals surface area contributed by atoms with E-state index in [4.69, 9.17) is 4.74 Å². The number of hydrogen-bond acceptors (Lipinski definition) is 3. The summed E-state index contributed by atoms with van der Waals surface area (Å²) in [5.74, 6) is 0.940. The smallest absolute Gasteiger partial charge is 0.220 e. The van der Waals surface area contributed by atoms with Gasteiger partial charge in [-0.1, -0.05) is 18.2 Å². The third kappa shape index (κ3) is 4.70. The number of amides is 1. The molecule has 3 nitrogen and oxygen atoms in total. The fourth-order valence-electron chi connectivity index (χ4n) is 1.90. The van der Waals surface area contributed by atoms with Crippen molar-refractivity contribution in [1.29, 1.82) is 0 Å². The summed E-state index contributed by atoms with van der Waals surface area (Å²) >= 11 is 1.71. The van der Waals surface area contributed by atoms with Gasteiger partial charge in [0, 0.05) is 30.2 Å². The SMILES string of the molecule is O=C(CCSc1ccccc1)NC[C@H]1CCCO1. The zero-order chi connectivity index (χ0) is 12.6. The Morgan fingerprint density at radius 2 is 2.22 bits per heavy atom. The molecule has 2 rings (SSSR count). The van der Waals surface area contributed by atoms with Crippen LogP contribution in [0.4, 0.5) is 0 Å². The predicted octanol–water partition coefficient (Wildman–Crippen LogP) is 2.46. The summed E-state index contributed by atoms with van der Waals surface area (Å²) in [6.45, 7) is 1.50. The van der Waals surface area contributed by atoms with Crippen molar-refractivity contribution in [1.82, 2.24) is 5.32 Å². The Kier molecular flexibility index (Phi) is 5.55. The fraction of sp³-hybridized carbons (Fsp3) is 0.500. The van der Waals surface area contributed by atoms with Gasteiger partial charge < -0.3 is 10.1 Å². The Hall–Kier alpha value is -1.00. The molecule has 1 aromatic rings. The van der Waals surface area contributed by atoms with E-state index in [1.807, 2.05) is 18.2 Å². The minimum atomic E-state index is 0.119. The molecule has 0 aliphatic carbocycles. The number of thioether (sulfide) groups is 1. The van der Waals surface area contributed by atoms with Crippen LogP contribution in [0.2, 0.25) is 0 Å². The van der Waals surface area contributed by atoms with Gasteiger partial charge in [-0.05, 0) is 25.0 Å². The third-order valence-corrected chi connectivity index (χ3v) is 3.91. The Bertz CT molecular complexity index is 363. The maximum absolute atomic E-state index is 11.6. The van der Waals surface area contributed by atoms with Gasteiger partial charge in [0.05, 0.1) is 6.10 Å². The van der Waals surface area contributed by atoms with Crippen molar-refractivity contribution in [3.05, 3.63) is 30.3 Å². The van der Waals surface area contributed by atoms with E-state index in [1.165, 1.54) is 4.90 Å². The summed E-state index contributed by atoms with van der Waals surface area (Å²) in [7, 11) is 0. The average molecular weight is 265 g/mol. The number of carbonyl (C=O) groups excluding carboxylic acids is 1. The van der Waals surface area contributed by atoms with Gasteiger partial charge in [0.2, 0.25) is 5.91 Å². The number of carbonyl (C=O) groups is 1. The molecule has 1 aromatic carbocycles. The molecular weight excluding hydrogens is 246 g/mol. The second-order valence-electron chi connectivity index (χ2n) is 4.35. The van der Waals surface area contributed by atoms with Crippen LogP contribution < -0.4 is 5.32 Å². The Morgan fingerprint density at radius 3 is 2.94 bits per heavy atom. The lowest BCUT2D eigenvalue weighted by Crippen LogP contribution is -2.31. The zero-order valence-corrected chi connectivity index (χ0v) is 11.2. The molecule has 18 heavy (non-hydrogen) atoms. The summed E-state index contributed by atoms with van der Waals surface area (Å²) in [4.78, 5) is 12.8. The Morgan fingerprint density at radius 1 is 1.39 bits per heavy atom. The standard InChI is InChI=1S/C14H19NO2S/c16-14(15-11-12-5-4-9-17-12)8-10-18-13-6-2-1-3-7-13/h1-3,6-7,12H,4-5,8-11H2,(H,15,16)/t12-/m1/s1. The van der Waals surface area contributed by atoms with Crippen LogP contribution in [0, 0.1) is 0 Å². The van der Waals surface area contributed by atoms with Crippen molar-refractivity contribution in [2.75, 3.05) is 18.9 Å². The van der Waals surface area contributed by atoms with Crippen molar-refractivity contribution >= 4 is 17.7 Å². The molecular formula is C14H19NO2S. The highest BCUT2D eigenvalue weighted by Crippen LogP contribution is 2.17. The molecule has 98 valence electrons. The second-order valence-corrected chi connectivity index (χ2v) is 5.52. The highest BCUT2D eigenvalue weighted by Gasteiger charge is 2.15. The van der Waals surface area contributed by atoms with Gasteiger partial charge in [-0.3, -0.25) is 4.79 Å². The summed E-state index contributed by atoms with van der Waals surface area (Å²) in [6.07, 6.45) is 2.98. The van der Waals surface area contributed by atoms with Crippen molar-refractivity contribution in [3.8, 4) is 0 Å². The van der Waals surface area contributed by atoms with Gasteiger partial charge in [-0.15, -0.1) is 11.8 Å². The van der Waals surface area contributed by atoms with Crippen LogP contribution >= 0.6 is 11.8 Å². The molecule has 1 heterocycles. The lowest BCUT2D eigenvalue weighted by atomic mass is 10.2. The van der Waals surface area contributed by atoms with Crippen molar-refractivity contribution < 1.29 is 9.53 Å². The van der Waals surface area contributed by atoms with Crippen LogP contribution in [0.3, 0.4) is 0 Å². The zero-order valence-electron chi connectivity index (χ0n) is 10.4. The summed E-state index contributed by atoms with van der Waals surface area (Å²) < 4.78 is 5.46. The van der Waals surface area contributed by atoms with E-state index in [1.54, 1.807) is 11.8 Å². The summed E-state index contributed by atoms with van der Waals surface area (Å²) in [6, 6.07) is 10.2. The molecule has 0 spiro atoms. The quantitative estimate of drug-likeness (QED) is 0.803. The average Bonchev–Trinajstić information content (AvgIpc) is 2.91. The van der Waals surface area contributed by atoms with E-state index in [0.29, 0.717) is 13.0 Å². The van der Waals surface area contributed by atoms with Gasteiger partial charge in [0.15, 0.2) is 0 Å². The van der Waals surface area contributed by atoms with Gasteiger partial charge >= 0.3 is 0 Å². The number of nitrogens with one attached hydrogen (secondary N) is 1. The Labute approximate surface area is 112 Å². The van der Waals surface area contributed by atoms with Gasteiger partial charge in [-0.25, -0.2) is 0 Å². The number of ether oxygens (including phenoxy) is 1. The molecule has 1 saturated heterocycles. The van der Waals surface area contributed by atoms with Gasteiger partial charge in [0.25, 0.3) is 0 Å². The normalized spacial score (nSPS) is 18.8. The van der Waals surface area contributed by atoms with Crippen LogP contribution in [0.1, 0.15) is 19.3 Å². The highest BCUT2D eigenvalue weighted by atomic mass is 32.2. The summed E-state index contributed by atoms with van der Waals surface area (Å²) in [5.41, 5.74) is 0. The molecule has 1 N–H and O–H groups in total. The molecule has 1 aliphatic heterocycles. The molecule has 1 fully saturated rings. The molecule has 0 bridgehead atoms. The predicted molar refractivity (Wildman–Crippen MR) is 73.8 cm³/mol. The fourth-order valence-corrected chi connectivity index (χ4v) is 2.77. The van der Waals surface area contributed by atoms with E-state index in [2.05, 4.69) is 17.4 Å². The number of benzene rings is 1. The molecule has 1 atom stereocenters.